The first kappa shape index (κ1) is 12.0. The van der Waals surface area contributed by atoms with Crippen molar-refractivity contribution in [2.45, 2.75) is 25.3 Å². The van der Waals surface area contributed by atoms with Gasteiger partial charge < -0.3 is 10.1 Å². The number of carbonyl (C=O) groups excluding carboxylic acids is 1. The molecule has 3 rings (SSSR count). The maximum atomic E-state index is 12.1. The van der Waals surface area contributed by atoms with Crippen LogP contribution in [0.4, 0.5) is 0 Å². The molecule has 1 heterocycles. The number of benzene rings is 1. The average Bonchev–Trinajstić information content (AvgIpc) is 2.41. The molecule has 0 atom stereocenters. The third-order valence-electron chi connectivity index (χ3n) is 3.57. The minimum atomic E-state index is -0.117. The van der Waals surface area contributed by atoms with Crippen molar-refractivity contribution in [2.75, 3.05) is 7.11 Å². The molecule has 1 fully saturated rings. The predicted molar refractivity (Wildman–Crippen MR) is 73.4 cm³/mol. The summed E-state index contributed by atoms with van der Waals surface area (Å²) >= 11 is 0. The van der Waals surface area contributed by atoms with Crippen molar-refractivity contribution in [1.29, 1.82) is 0 Å². The highest BCUT2D eigenvalue weighted by atomic mass is 16.5. The number of pyridine rings is 1. The van der Waals surface area contributed by atoms with Crippen molar-refractivity contribution in [3.8, 4) is 5.75 Å². The molecule has 4 nitrogen and oxygen atoms in total. The summed E-state index contributed by atoms with van der Waals surface area (Å²) in [6.45, 7) is 0. The van der Waals surface area contributed by atoms with E-state index < -0.39 is 0 Å². The van der Waals surface area contributed by atoms with Crippen LogP contribution in [0.15, 0.2) is 30.3 Å². The van der Waals surface area contributed by atoms with Crippen LogP contribution in [0.3, 0.4) is 0 Å². The van der Waals surface area contributed by atoms with E-state index >= 15 is 0 Å². The Balaban J connectivity index is 1.96. The Kier molecular flexibility index (Phi) is 3.07. The number of para-hydroxylation sites is 1. The van der Waals surface area contributed by atoms with E-state index in [0.717, 1.165) is 23.7 Å². The molecule has 0 aliphatic heterocycles. The van der Waals surface area contributed by atoms with Crippen molar-refractivity contribution in [3.05, 3.63) is 36.0 Å². The van der Waals surface area contributed by atoms with Gasteiger partial charge in [-0.25, -0.2) is 4.98 Å². The van der Waals surface area contributed by atoms with Crippen molar-refractivity contribution in [1.82, 2.24) is 10.3 Å². The zero-order valence-corrected chi connectivity index (χ0v) is 10.8. The van der Waals surface area contributed by atoms with Gasteiger partial charge in [0.25, 0.3) is 5.91 Å². The molecule has 4 heteroatoms. The molecule has 1 aliphatic rings. The van der Waals surface area contributed by atoms with Gasteiger partial charge in [0.2, 0.25) is 0 Å². The van der Waals surface area contributed by atoms with Gasteiger partial charge in [-0.05, 0) is 31.4 Å². The zero-order valence-electron chi connectivity index (χ0n) is 10.8. The largest absolute Gasteiger partial charge is 0.496 e. The number of aromatic nitrogens is 1. The summed E-state index contributed by atoms with van der Waals surface area (Å²) in [5, 5.41) is 3.91. The number of methoxy groups -OCH3 is 1. The van der Waals surface area contributed by atoms with E-state index in [4.69, 9.17) is 4.74 Å². The van der Waals surface area contributed by atoms with Gasteiger partial charge in [0, 0.05) is 17.5 Å². The first-order chi connectivity index (χ1) is 9.28. The highest BCUT2D eigenvalue weighted by molar-refractivity contribution is 5.97. The number of ether oxygens (including phenoxy) is 1. The number of fused-ring (bicyclic) bond motifs is 1. The van der Waals surface area contributed by atoms with Gasteiger partial charge in [0.05, 0.1) is 12.6 Å². The third-order valence-corrected chi connectivity index (χ3v) is 3.57. The van der Waals surface area contributed by atoms with E-state index in [-0.39, 0.29) is 5.91 Å². The molecule has 1 aromatic heterocycles. The summed E-state index contributed by atoms with van der Waals surface area (Å²) in [7, 11) is 1.61. The quantitative estimate of drug-likeness (QED) is 0.918. The Morgan fingerprint density at radius 1 is 1.37 bits per heavy atom. The molecule has 98 valence electrons. The highest BCUT2D eigenvalue weighted by Crippen LogP contribution is 2.25. The van der Waals surface area contributed by atoms with Crippen molar-refractivity contribution in [3.63, 3.8) is 0 Å². The molecule has 1 aromatic carbocycles. The second-order valence-electron chi connectivity index (χ2n) is 4.83. The van der Waals surface area contributed by atoms with Gasteiger partial charge in [0.15, 0.2) is 0 Å². The minimum absolute atomic E-state index is 0.117. The summed E-state index contributed by atoms with van der Waals surface area (Å²) in [6.07, 6.45) is 3.33. The molecule has 0 radical (unpaired) electrons. The number of amides is 1. The van der Waals surface area contributed by atoms with E-state index in [9.17, 15) is 4.79 Å². The second kappa shape index (κ2) is 4.88. The molecule has 19 heavy (non-hydrogen) atoms. The van der Waals surface area contributed by atoms with Gasteiger partial charge >= 0.3 is 0 Å². The lowest BCUT2D eigenvalue weighted by Crippen LogP contribution is -2.39. The first-order valence-electron chi connectivity index (χ1n) is 6.52. The third kappa shape index (κ3) is 2.26. The zero-order chi connectivity index (χ0) is 13.2. The molecule has 0 saturated heterocycles. The monoisotopic (exact) mass is 256 g/mol. The minimum Gasteiger partial charge on any atom is -0.496 e. The predicted octanol–water partition coefficient (Wildman–Crippen LogP) is 2.53. The Morgan fingerprint density at radius 3 is 2.84 bits per heavy atom. The fourth-order valence-corrected chi connectivity index (χ4v) is 2.24. The van der Waals surface area contributed by atoms with Gasteiger partial charge in [-0.2, -0.15) is 0 Å². The first-order valence-corrected chi connectivity index (χ1v) is 6.52. The molecule has 0 spiro atoms. The SMILES string of the molecule is COc1cc(C(=O)NC2CCC2)nc2ccccc12. The van der Waals surface area contributed by atoms with Gasteiger partial charge in [-0.3, -0.25) is 4.79 Å². The van der Waals surface area contributed by atoms with Gasteiger partial charge in [-0.1, -0.05) is 12.1 Å². The smallest absolute Gasteiger partial charge is 0.270 e. The molecule has 0 bridgehead atoms. The standard InChI is InChI=1S/C15H16N2O2/c1-19-14-9-13(15(18)16-10-5-4-6-10)17-12-8-3-2-7-11(12)14/h2-3,7-10H,4-6H2,1H3,(H,16,18). The molecule has 1 N–H and O–H groups in total. The molecule has 1 amide bonds. The summed E-state index contributed by atoms with van der Waals surface area (Å²) < 4.78 is 5.34. The van der Waals surface area contributed by atoms with Crippen LogP contribution in [0.25, 0.3) is 10.9 Å². The number of rotatable bonds is 3. The molecule has 0 unspecified atom stereocenters. The summed E-state index contributed by atoms with van der Waals surface area (Å²) in [6, 6.07) is 9.68. The number of hydrogen-bond donors (Lipinski definition) is 1. The number of nitrogens with zero attached hydrogens (tertiary/aromatic N) is 1. The van der Waals surface area contributed by atoms with E-state index in [1.807, 2.05) is 24.3 Å². The molecule has 1 saturated carbocycles. The summed E-state index contributed by atoms with van der Waals surface area (Å²) in [5.41, 5.74) is 1.20. The van der Waals surface area contributed by atoms with E-state index in [0.29, 0.717) is 17.5 Å². The summed E-state index contributed by atoms with van der Waals surface area (Å²) in [4.78, 5) is 16.5. The second-order valence-corrected chi connectivity index (χ2v) is 4.83. The van der Waals surface area contributed by atoms with Crippen LogP contribution in [0.1, 0.15) is 29.8 Å². The fourth-order valence-electron chi connectivity index (χ4n) is 2.24. The van der Waals surface area contributed by atoms with Crippen LogP contribution in [0.5, 0.6) is 5.75 Å². The lowest BCUT2D eigenvalue weighted by Gasteiger charge is -2.26. The maximum Gasteiger partial charge on any atom is 0.270 e. The highest BCUT2D eigenvalue weighted by Gasteiger charge is 2.21. The van der Waals surface area contributed by atoms with Gasteiger partial charge in [0.1, 0.15) is 11.4 Å². The Morgan fingerprint density at radius 2 is 2.16 bits per heavy atom. The van der Waals surface area contributed by atoms with Crippen LogP contribution in [-0.2, 0) is 0 Å². The maximum absolute atomic E-state index is 12.1. The molecule has 1 aliphatic carbocycles. The molecular weight excluding hydrogens is 240 g/mol. The van der Waals surface area contributed by atoms with Crippen LogP contribution < -0.4 is 10.1 Å². The Bertz CT molecular complexity index is 621. The van der Waals surface area contributed by atoms with Crippen LogP contribution >= 0.6 is 0 Å². The Labute approximate surface area is 111 Å². The lowest BCUT2D eigenvalue weighted by atomic mass is 9.93. The van der Waals surface area contributed by atoms with E-state index in [1.54, 1.807) is 13.2 Å². The summed E-state index contributed by atoms with van der Waals surface area (Å²) in [5.74, 6) is 0.568. The molecular formula is C15H16N2O2. The average molecular weight is 256 g/mol. The van der Waals surface area contributed by atoms with Crippen LogP contribution in [0, 0.1) is 0 Å². The Hall–Kier alpha value is -2.10. The number of carbonyl (C=O) groups is 1. The van der Waals surface area contributed by atoms with Crippen molar-refractivity contribution < 1.29 is 9.53 Å². The van der Waals surface area contributed by atoms with E-state index in [1.165, 1.54) is 6.42 Å². The lowest BCUT2D eigenvalue weighted by molar-refractivity contribution is 0.0912. The molecule has 2 aromatic rings. The fraction of sp³-hybridized carbons (Fsp3) is 0.333. The van der Waals surface area contributed by atoms with E-state index in [2.05, 4.69) is 10.3 Å². The normalized spacial score (nSPS) is 15.0. The van der Waals surface area contributed by atoms with Crippen LogP contribution in [-0.4, -0.2) is 24.0 Å². The van der Waals surface area contributed by atoms with Crippen molar-refractivity contribution in [2.24, 2.45) is 0 Å². The van der Waals surface area contributed by atoms with Crippen LogP contribution in [0.2, 0.25) is 0 Å². The van der Waals surface area contributed by atoms with Gasteiger partial charge in [-0.15, -0.1) is 0 Å². The number of hydrogen-bond acceptors (Lipinski definition) is 3. The topological polar surface area (TPSA) is 51.2 Å². The number of nitrogens with one attached hydrogen (secondary N) is 1. The van der Waals surface area contributed by atoms with Crippen molar-refractivity contribution >= 4 is 16.8 Å².